The predicted molar refractivity (Wildman–Crippen MR) is 89.4 cm³/mol. The van der Waals surface area contributed by atoms with E-state index in [0.29, 0.717) is 19.4 Å². The molecule has 2 rings (SSSR count). The molecule has 0 unspecified atom stereocenters. The van der Waals surface area contributed by atoms with Gasteiger partial charge in [0, 0.05) is 13.0 Å². The van der Waals surface area contributed by atoms with Crippen molar-refractivity contribution in [2.75, 3.05) is 6.54 Å². The second-order valence-corrected chi connectivity index (χ2v) is 5.70. The van der Waals surface area contributed by atoms with Crippen LogP contribution in [0.1, 0.15) is 24.8 Å². The SMILES string of the molecule is C#CC[C@@H](NC(=O)[C@H]1CCCN1C(=O)OCc1ccccc1)C(=O)O. The molecule has 0 aliphatic carbocycles. The molecular weight excluding hydrogens is 324 g/mol. The molecule has 7 heteroatoms. The molecule has 1 aliphatic heterocycles. The van der Waals surface area contributed by atoms with E-state index in [1.54, 1.807) is 0 Å². The molecular formula is C18H20N2O5. The van der Waals surface area contributed by atoms with Gasteiger partial charge in [0.15, 0.2) is 0 Å². The molecule has 0 aromatic heterocycles. The molecule has 1 fully saturated rings. The Bertz CT molecular complexity index is 668. The van der Waals surface area contributed by atoms with Crippen LogP contribution in [-0.2, 0) is 20.9 Å². The highest BCUT2D eigenvalue weighted by Crippen LogP contribution is 2.19. The van der Waals surface area contributed by atoms with Crippen molar-refractivity contribution in [2.45, 2.75) is 38.0 Å². The molecule has 0 spiro atoms. The maximum atomic E-state index is 12.3. The summed E-state index contributed by atoms with van der Waals surface area (Å²) in [6, 6.07) is 7.29. The number of ether oxygens (including phenoxy) is 1. The van der Waals surface area contributed by atoms with Gasteiger partial charge in [-0.1, -0.05) is 30.3 Å². The van der Waals surface area contributed by atoms with E-state index in [-0.39, 0.29) is 13.0 Å². The first-order valence-electron chi connectivity index (χ1n) is 7.97. The summed E-state index contributed by atoms with van der Waals surface area (Å²) in [4.78, 5) is 37.0. The van der Waals surface area contributed by atoms with Crippen LogP contribution in [0.3, 0.4) is 0 Å². The molecule has 2 N–H and O–H groups in total. The molecule has 1 aromatic rings. The molecule has 25 heavy (non-hydrogen) atoms. The normalized spacial score (nSPS) is 17.4. The molecule has 132 valence electrons. The second-order valence-electron chi connectivity index (χ2n) is 5.70. The first-order chi connectivity index (χ1) is 12.0. The fraction of sp³-hybridized carbons (Fsp3) is 0.389. The average Bonchev–Trinajstić information content (AvgIpc) is 3.10. The number of carbonyl (C=O) groups is 3. The van der Waals surface area contributed by atoms with Crippen LogP contribution in [0.2, 0.25) is 0 Å². The Morgan fingerprint density at radius 3 is 2.72 bits per heavy atom. The number of benzene rings is 1. The summed E-state index contributed by atoms with van der Waals surface area (Å²) in [7, 11) is 0. The van der Waals surface area contributed by atoms with Crippen molar-refractivity contribution in [3.05, 3.63) is 35.9 Å². The van der Waals surface area contributed by atoms with Gasteiger partial charge in [-0.05, 0) is 18.4 Å². The highest BCUT2D eigenvalue weighted by molar-refractivity contribution is 5.89. The number of carbonyl (C=O) groups excluding carboxylic acids is 2. The Morgan fingerprint density at radius 1 is 1.36 bits per heavy atom. The van der Waals surface area contributed by atoms with Crippen LogP contribution < -0.4 is 5.32 Å². The van der Waals surface area contributed by atoms with Crippen molar-refractivity contribution in [3.63, 3.8) is 0 Å². The molecule has 1 aliphatic rings. The number of aliphatic carboxylic acids is 1. The van der Waals surface area contributed by atoms with Crippen LogP contribution in [0, 0.1) is 12.3 Å². The average molecular weight is 344 g/mol. The number of terminal acetylenes is 1. The predicted octanol–water partition coefficient (Wildman–Crippen LogP) is 1.38. The topological polar surface area (TPSA) is 95.9 Å². The number of carboxylic acids is 1. The summed E-state index contributed by atoms with van der Waals surface area (Å²) in [5.74, 6) is 0.480. The van der Waals surface area contributed by atoms with Crippen molar-refractivity contribution < 1.29 is 24.2 Å². The Labute approximate surface area is 146 Å². The number of nitrogens with zero attached hydrogens (tertiary/aromatic N) is 1. The zero-order chi connectivity index (χ0) is 18.2. The number of carboxylic acid groups (broad SMARTS) is 1. The third kappa shape index (κ3) is 4.98. The van der Waals surface area contributed by atoms with E-state index >= 15 is 0 Å². The molecule has 7 nitrogen and oxygen atoms in total. The summed E-state index contributed by atoms with van der Waals surface area (Å²) in [6.07, 6.45) is 5.50. The molecule has 1 heterocycles. The van der Waals surface area contributed by atoms with E-state index in [2.05, 4.69) is 11.2 Å². The van der Waals surface area contributed by atoms with Crippen molar-refractivity contribution >= 4 is 18.0 Å². The third-order valence-electron chi connectivity index (χ3n) is 3.93. The van der Waals surface area contributed by atoms with E-state index in [1.807, 2.05) is 30.3 Å². The monoisotopic (exact) mass is 344 g/mol. The van der Waals surface area contributed by atoms with Gasteiger partial charge in [-0.2, -0.15) is 0 Å². The second kappa shape index (κ2) is 8.73. The Morgan fingerprint density at radius 2 is 2.08 bits per heavy atom. The standard InChI is InChI=1S/C18H20N2O5/c1-2-7-14(17(22)23)19-16(21)15-10-6-11-20(15)18(24)25-12-13-8-4-3-5-9-13/h1,3-5,8-9,14-15H,6-7,10-12H2,(H,19,21)(H,22,23)/t14-,15-/m1/s1. The van der Waals surface area contributed by atoms with E-state index in [1.165, 1.54) is 4.90 Å². The van der Waals surface area contributed by atoms with Gasteiger partial charge in [0.05, 0.1) is 0 Å². The fourth-order valence-corrected chi connectivity index (χ4v) is 2.65. The maximum absolute atomic E-state index is 12.3. The van der Waals surface area contributed by atoms with Crippen LogP contribution >= 0.6 is 0 Å². The lowest BCUT2D eigenvalue weighted by atomic mass is 10.1. The minimum absolute atomic E-state index is 0.110. The lowest BCUT2D eigenvalue weighted by Crippen LogP contribution is -2.50. The van der Waals surface area contributed by atoms with E-state index < -0.39 is 30.1 Å². The molecule has 2 atom stereocenters. The Kier molecular flexibility index (Phi) is 6.40. The van der Waals surface area contributed by atoms with E-state index in [0.717, 1.165) is 5.56 Å². The quantitative estimate of drug-likeness (QED) is 0.760. The van der Waals surface area contributed by atoms with Gasteiger partial charge < -0.3 is 15.2 Å². The van der Waals surface area contributed by atoms with Crippen molar-refractivity contribution in [2.24, 2.45) is 0 Å². The van der Waals surface area contributed by atoms with Crippen LogP contribution in [0.5, 0.6) is 0 Å². The van der Waals surface area contributed by atoms with E-state index in [4.69, 9.17) is 16.3 Å². The first kappa shape index (κ1) is 18.3. The third-order valence-corrected chi connectivity index (χ3v) is 3.93. The highest BCUT2D eigenvalue weighted by Gasteiger charge is 2.36. The molecule has 0 saturated carbocycles. The first-order valence-corrected chi connectivity index (χ1v) is 7.97. The number of hydrogen-bond donors (Lipinski definition) is 2. The number of rotatable bonds is 6. The lowest BCUT2D eigenvalue weighted by Gasteiger charge is -2.24. The zero-order valence-electron chi connectivity index (χ0n) is 13.7. The molecule has 2 amide bonds. The van der Waals surface area contributed by atoms with Crippen molar-refractivity contribution in [3.8, 4) is 12.3 Å². The molecule has 1 aromatic carbocycles. The largest absolute Gasteiger partial charge is 0.480 e. The van der Waals surface area contributed by atoms with Crippen LogP contribution in [0.15, 0.2) is 30.3 Å². The summed E-state index contributed by atoms with van der Waals surface area (Å²) in [5.41, 5.74) is 0.844. The van der Waals surface area contributed by atoms with Crippen LogP contribution in [-0.4, -0.2) is 46.6 Å². The number of likely N-dealkylation sites (tertiary alicyclic amines) is 1. The van der Waals surface area contributed by atoms with Crippen LogP contribution in [0.4, 0.5) is 4.79 Å². The Hall–Kier alpha value is -3.01. The summed E-state index contributed by atoms with van der Waals surface area (Å²) in [5, 5.41) is 11.5. The van der Waals surface area contributed by atoms with Crippen molar-refractivity contribution in [1.82, 2.24) is 10.2 Å². The summed E-state index contributed by atoms with van der Waals surface area (Å²) < 4.78 is 5.25. The fourth-order valence-electron chi connectivity index (χ4n) is 2.65. The van der Waals surface area contributed by atoms with Gasteiger partial charge >= 0.3 is 12.1 Å². The van der Waals surface area contributed by atoms with E-state index in [9.17, 15) is 14.4 Å². The maximum Gasteiger partial charge on any atom is 0.410 e. The molecule has 1 saturated heterocycles. The Balaban J connectivity index is 1.94. The van der Waals surface area contributed by atoms with Gasteiger partial charge in [0.2, 0.25) is 5.91 Å². The smallest absolute Gasteiger partial charge is 0.410 e. The highest BCUT2D eigenvalue weighted by atomic mass is 16.6. The summed E-state index contributed by atoms with van der Waals surface area (Å²) >= 11 is 0. The van der Waals surface area contributed by atoms with Crippen molar-refractivity contribution in [1.29, 1.82) is 0 Å². The molecule has 0 radical (unpaired) electrons. The minimum atomic E-state index is -1.21. The molecule has 0 bridgehead atoms. The number of amides is 2. The van der Waals surface area contributed by atoms with Gasteiger partial charge in [0.25, 0.3) is 0 Å². The zero-order valence-corrected chi connectivity index (χ0v) is 13.7. The van der Waals surface area contributed by atoms with Gasteiger partial charge in [0.1, 0.15) is 18.7 Å². The lowest BCUT2D eigenvalue weighted by molar-refractivity contribution is -0.142. The summed E-state index contributed by atoms with van der Waals surface area (Å²) in [6.45, 7) is 0.498. The van der Waals surface area contributed by atoms with Gasteiger partial charge in [-0.3, -0.25) is 9.69 Å². The number of nitrogens with one attached hydrogen (secondary N) is 1. The minimum Gasteiger partial charge on any atom is -0.480 e. The number of hydrogen-bond acceptors (Lipinski definition) is 4. The van der Waals surface area contributed by atoms with Gasteiger partial charge in [-0.25, -0.2) is 9.59 Å². The van der Waals surface area contributed by atoms with Crippen LogP contribution in [0.25, 0.3) is 0 Å². The van der Waals surface area contributed by atoms with Gasteiger partial charge in [-0.15, -0.1) is 12.3 Å².